The molecule has 4 atom stereocenters. The van der Waals surface area contributed by atoms with Crippen molar-refractivity contribution >= 4 is 11.7 Å². The van der Waals surface area contributed by atoms with E-state index < -0.39 is 0 Å². The average molecular weight is 265 g/mol. The number of rotatable bonds is 3. The molecule has 5 heteroatoms. The molecule has 3 rings (SSSR count). The molecule has 3 aliphatic rings. The number of nitrogens with one attached hydrogen (secondary N) is 1. The number of amides is 1. The van der Waals surface area contributed by atoms with E-state index in [1.54, 1.807) is 0 Å². The highest BCUT2D eigenvalue weighted by Gasteiger charge is 2.55. The number of hydrogen-bond acceptors (Lipinski definition) is 3. The molecule has 3 fully saturated rings. The molecule has 4 unspecified atom stereocenters. The highest BCUT2D eigenvalue weighted by atomic mass is 16.4. The SMILES string of the molecule is NC(=NO)C1CCCC1NC(=O)C1C2CCCCC21. The molecule has 106 valence electrons. The highest BCUT2D eigenvalue weighted by molar-refractivity contribution is 5.86. The van der Waals surface area contributed by atoms with Crippen LogP contribution in [0.2, 0.25) is 0 Å². The fraction of sp³-hybridized carbons (Fsp3) is 0.857. The third-order valence-electron chi connectivity index (χ3n) is 5.30. The molecule has 19 heavy (non-hydrogen) atoms. The maximum atomic E-state index is 12.3. The second kappa shape index (κ2) is 5.02. The average Bonchev–Trinajstić information content (AvgIpc) is 3.00. The summed E-state index contributed by atoms with van der Waals surface area (Å²) in [5, 5.41) is 15.0. The fourth-order valence-corrected chi connectivity index (χ4v) is 4.22. The summed E-state index contributed by atoms with van der Waals surface area (Å²) in [5.41, 5.74) is 5.70. The first-order valence-corrected chi connectivity index (χ1v) is 7.50. The minimum absolute atomic E-state index is 0.00901. The lowest BCUT2D eigenvalue weighted by molar-refractivity contribution is -0.123. The van der Waals surface area contributed by atoms with Crippen LogP contribution in [0.25, 0.3) is 0 Å². The molecule has 0 radical (unpaired) electrons. The second-order valence-corrected chi connectivity index (χ2v) is 6.32. The predicted molar refractivity (Wildman–Crippen MR) is 71.6 cm³/mol. The van der Waals surface area contributed by atoms with Crippen LogP contribution in [0.3, 0.4) is 0 Å². The van der Waals surface area contributed by atoms with Crippen LogP contribution in [0.1, 0.15) is 44.9 Å². The lowest BCUT2D eigenvalue weighted by Gasteiger charge is -2.19. The quantitative estimate of drug-likeness (QED) is 0.312. The van der Waals surface area contributed by atoms with Gasteiger partial charge < -0.3 is 16.3 Å². The molecule has 0 aromatic rings. The number of carbonyl (C=O) groups is 1. The summed E-state index contributed by atoms with van der Waals surface area (Å²) in [5.74, 6) is 2.00. The molecule has 5 nitrogen and oxygen atoms in total. The Balaban J connectivity index is 1.58. The van der Waals surface area contributed by atoms with Gasteiger partial charge in [0.1, 0.15) is 5.84 Å². The molecule has 1 amide bonds. The Bertz CT molecular complexity index is 384. The normalized spacial score (nSPS) is 41.7. The molecule has 0 heterocycles. The van der Waals surface area contributed by atoms with Crippen LogP contribution < -0.4 is 11.1 Å². The number of carbonyl (C=O) groups excluding carboxylic acids is 1. The summed E-state index contributed by atoms with van der Waals surface area (Å²) < 4.78 is 0. The van der Waals surface area contributed by atoms with Gasteiger partial charge in [-0.05, 0) is 37.5 Å². The van der Waals surface area contributed by atoms with Crippen LogP contribution in [0, 0.1) is 23.7 Å². The molecule has 0 aromatic carbocycles. The van der Waals surface area contributed by atoms with Crippen molar-refractivity contribution in [3.05, 3.63) is 0 Å². The zero-order chi connectivity index (χ0) is 13.4. The Hall–Kier alpha value is -1.26. The van der Waals surface area contributed by atoms with Crippen LogP contribution in [-0.4, -0.2) is 23.0 Å². The first-order valence-electron chi connectivity index (χ1n) is 7.50. The minimum Gasteiger partial charge on any atom is -0.409 e. The Labute approximate surface area is 113 Å². The van der Waals surface area contributed by atoms with Gasteiger partial charge in [0.25, 0.3) is 0 Å². The van der Waals surface area contributed by atoms with E-state index in [9.17, 15) is 4.79 Å². The summed E-state index contributed by atoms with van der Waals surface area (Å²) in [6.07, 6.45) is 7.87. The van der Waals surface area contributed by atoms with Crippen molar-refractivity contribution in [2.24, 2.45) is 34.6 Å². The molecule has 0 aromatic heterocycles. The lowest BCUT2D eigenvalue weighted by Crippen LogP contribution is -2.43. The summed E-state index contributed by atoms with van der Waals surface area (Å²) in [4.78, 5) is 12.3. The van der Waals surface area contributed by atoms with Gasteiger partial charge in [-0.1, -0.05) is 24.4 Å². The number of amidine groups is 1. The van der Waals surface area contributed by atoms with E-state index in [2.05, 4.69) is 10.5 Å². The Morgan fingerprint density at radius 1 is 1.11 bits per heavy atom. The van der Waals surface area contributed by atoms with E-state index in [1.165, 1.54) is 25.7 Å². The molecule has 3 aliphatic carbocycles. The van der Waals surface area contributed by atoms with Gasteiger partial charge in [-0.3, -0.25) is 4.79 Å². The Kier molecular flexibility index (Phi) is 3.37. The second-order valence-electron chi connectivity index (χ2n) is 6.32. The maximum Gasteiger partial charge on any atom is 0.223 e. The van der Waals surface area contributed by atoms with Gasteiger partial charge in [-0.15, -0.1) is 0 Å². The largest absolute Gasteiger partial charge is 0.409 e. The number of nitrogens with two attached hydrogens (primary N) is 1. The van der Waals surface area contributed by atoms with Crippen LogP contribution in [0.15, 0.2) is 5.16 Å². The molecule has 4 N–H and O–H groups in total. The number of nitrogens with zero attached hydrogens (tertiary/aromatic N) is 1. The zero-order valence-corrected chi connectivity index (χ0v) is 11.2. The first-order chi connectivity index (χ1) is 9.22. The van der Waals surface area contributed by atoms with Crippen molar-refractivity contribution in [3.63, 3.8) is 0 Å². The Morgan fingerprint density at radius 3 is 2.42 bits per heavy atom. The van der Waals surface area contributed by atoms with Gasteiger partial charge in [-0.2, -0.15) is 0 Å². The molecule has 0 bridgehead atoms. The third-order valence-corrected chi connectivity index (χ3v) is 5.30. The molecule has 0 spiro atoms. The molecular weight excluding hydrogens is 242 g/mol. The lowest BCUT2D eigenvalue weighted by atomic mass is 10.0. The summed E-state index contributed by atoms with van der Waals surface area (Å²) >= 11 is 0. The standard InChI is InChI=1S/C14H23N3O2/c15-13(17-19)10-6-3-7-11(10)16-14(18)12-8-4-1-2-5-9(8)12/h8-12,19H,1-7H2,(H2,15,17)(H,16,18). The van der Waals surface area contributed by atoms with E-state index in [1.807, 2.05) is 0 Å². The molecular formula is C14H23N3O2. The topological polar surface area (TPSA) is 87.7 Å². The van der Waals surface area contributed by atoms with Crippen molar-refractivity contribution in [2.75, 3.05) is 0 Å². The van der Waals surface area contributed by atoms with Crippen LogP contribution >= 0.6 is 0 Å². The van der Waals surface area contributed by atoms with E-state index in [-0.39, 0.29) is 29.6 Å². The van der Waals surface area contributed by atoms with Crippen LogP contribution in [0.5, 0.6) is 0 Å². The fourth-order valence-electron chi connectivity index (χ4n) is 4.22. The van der Waals surface area contributed by atoms with E-state index in [4.69, 9.17) is 10.9 Å². The molecule has 0 saturated heterocycles. The number of fused-ring (bicyclic) bond motifs is 1. The maximum absolute atomic E-state index is 12.3. The van der Waals surface area contributed by atoms with E-state index in [0.717, 1.165) is 19.3 Å². The number of oxime groups is 1. The summed E-state index contributed by atoms with van der Waals surface area (Å²) in [7, 11) is 0. The van der Waals surface area contributed by atoms with Gasteiger partial charge in [-0.25, -0.2) is 0 Å². The smallest absolute Gasteiger partial charge is 0.223 e. The van der Waals surface area contributed by atoms with Crippen molar-refractivity contribution in [3.8, 4) is 0 Å². The van der Waals surface area contributed by atoms with Gasteiger partial charge in [0.2, 0.25) is 5.91 Å². The predicted octanol–water partition coefficient (Wildman–Crippen LogP) is 1.45. The van der Waals surface area contributed by atoms with Crippen LogP contribution in [-0.2, 0) is 4.79 Å². The van der Waals surface area contributed by atoms with Crippen molar-refractivity contribution in [1.82, 2.24) is 5.32 Å². The monoisotopic (exact) mass is 265 g/mol. The van der Waals surface area contributed by atoms with Crippen molar-refractivity contribution in [1.29, 1.82) is 0 Å². The van der Waals surface area contributed by atoms with Crippen molar-refractivity contribution in [2.45, 2.75) is 51.0 Å². The van der Waals surface area contributed by atoms with Gasteiger partial charge in [0.05, 0.1) is 0 Å². The van der Waals surface area contributed by atoms with Gasteiger partial charge in [0.15, 0.2) is 0 Å². The van der Waals surface area contributed by atoms with Crippen molar-refractivity contribution < 1.29 is 10.0 Å². The highest BCUT2D eigenvalue weighted by Crippen LogP contribution is 2.55. The van der Waals surface area contributed by atoms with Gasteiger partial charge in [0, 0.05) is 17.9 Å². The Morgan fingerprint density at radius 2 is 1.79 bits per heavy atom. The molecule has 0 aliphatic heterocycles. The first kappa shape index (κ1) is 12.8. The summed E-state index contributed by atoms with van der Waals surface area (Å²) in [6, 6.07) is 0.0612. The third kappa shape index (κ3) is 2.30. The zero-order valence-electron chi connectivity index (χ0n) is 11.2. The van der Waals surface area contributed by atoms with E-state index in [0.29, 0.717) is 11.8 Å². The van der Waals surface area contributed by atoms with E-state index >= 15 is 0 Å². The summed E-state index contributed by atoms with van der Waals surface area (Å²) in [6.45, 7) is 0. The van der Waals surface area contributed by atoms with Crippen LogP contribution in [0.4, 0.5) is 0 Å². The number of hydrogen-bond donors (Lipinski definition) is 3. The molecule has 3 saturated carbocycles. The van der Waals surface area contributed by atoms with Gasteiger partial charge >= 0.3 is 0 Å². The minimum atomic E-state index is 0.00901.